The Bertz CT molecular complexity index is 747. The number of benzene rings is 1. The molecule has 0 amide bonds. The Morgan fingerprint density at radius 2 is 2.00 bits per heavy atom. The van der Waals surface area contributed by atoms with Gasteiger partial charge in [-0.2, -0.15) is 5.10 Å². The number of pyridine rings is 1. The van der Waals surface area contributed by atoms with Crippen LogP contribution in [0.5, 0.6) is 5.75 Å². The predicted molar refractivity (Wildman–Crippen MR) is 74.2 cm³/mol. The molecule has 3 aromatic rings. The van der Waals surface area contributed by atoms with Crippen LogP contribution >= 0.6 is 0 Å². The van der Waals surface area contributed by atoms with Crippen LogP contribution in [-0.4, -0.2) is 28.0 Å². The first-order chi connectivity index (χ1) is 9.78. The third-order valence-electron chi connectivity index (χ3n) is 3.06. The zero-order chi connectivity index (χ0) is 13.9. The van der Waals surface area contributed by atoms with Crippen molar-refractivity contribution in [2.45, 2.75) is 6.42 Å². The zero-order valence-corrected chi connectivity index (χ0v) is 11.0. The lowest BCUT2D eigenvalue weighted by molar-refractivity contribution is 0.112. The number of ether oxygens (including phenoxy) is 1. The van der Waals surface area contributed by atoms with Gasteiger partial charge < -0.3 is 4.74 Å². The van der Waals surface area contributed by atoms with Gasteiger partial charge in [0.1, 0.15) is 5.75 Å². The Kier molecular flexibility index (Phi) is 3.16. The number of carbonyl (C=O) groups excluding carboxylic acids is 1. The van der Waals surface area contributed by atoms with Gasteiger partial charge in [-0.05, 0) is 29.8 Å². The molecule has 5 heteroatoms. The van der Waals surface area contributed by atoms with Gasteiger partial charge in [-0.25, -0.2) is 9.50 Å². The van der Waals surface area contributed by atoms with Crippen molar-refractivity contribution >= 4 is 11.9 Å². The van der Waals surface area contributed by atoms with Crippen molar-refractivity contribution in [3.8, 4) is 5.75 Å². The third kappa shape index (κ3) is 2.38. The highest BCUT2D eigenvalue weighted by Crippen LogP contribution is 2.14. The van der Waals surface area contributed by atoms with Crippen LogP contribution in [0.2, 0.25) is 0 Å². The monoisotopic (exact) mass is 267 g/mol. The van der Waals surface area contributed by atoms with E-state index in [9.17, 15) is 4.79 Å². The topological polar surface area (TPSA) is 56.5 Å². The first-order valence-electron chi connectivity index (χ1n) is 6.22. The van der Waals surface area contributed by atoms with E-state index < -0.39 is 0 Å². The highest BCUT2D eigenvalue weighted by Gasteiger charge is 2.05. The van der Waals surface area contributed by atoms with E-state index >= 15 is 0 Å². The van der Waals surface area contributed by atoms with Crippen molar-refractivity contribution < 1.29 is 9.53 Å². The van der Waals surface area contributed by atoms with Crippen molar-refractivity contribution in [2.24, 2.45) is 0 Å². The highest BCUT2D eigenvalue weighted by atomic mass is 16.5. The van der Waals surface area contributed by atoms with Crippen LogP contribution in [0.15, 0.2) is 42.6 Å². The molecular weight excluding hydrogens is 254 g/mol. The number of fused-ring (bicyclic) bond motifs is 1. The predicted octanol–water partition coefficient (Wildman–Crippen LogP) is 2.14. The number of carbonyl (C=O) groups is 1. The molecule has 0 N–H and O–H groups in total. The quantitative estimate of drug-likeness (QED) is 0.680. The molecule has 0 unspecified atom stereocenters. The van der Waals surface area contributed by atoms with Gasteiger partial charge in [-0.1, -0.05) is 12.1 Å². The minimum absolute atomic E-state index is 0.582. The maximum atomic E-state index is 10.7. The molecule has 0 saturated carbocycles. The molecule has 2 aromatic heterocycles. The molecule has 100 valence electrons. The molecule has 1 aromatic carbocycles. The summed E-state index contributed by atoms with van der Waals surface area (Å²) in [5.74, 6) is 1.55. The van der Waals surface area contributed by atoms with E-state index in [4.69, 9.17) is 4.74 Å². The SMILES string of the molecule is COc1ccc(Cc2nc3ccc(C=O)cn3n2)cc1. The number of aldehydes is 1. The summed E-state index contributed by atoms with van der Waals surface area (Å²) in [5.41, 5.74) is 2.43. The summed E-state index contributed by atoms with van der Waals surface area (Å²) in [6, 6.07) is 11.3. The molecule has 0 aliphatic rings. The summed E-state index contributed by atoms with van der Waals surface area (Å²) < 4.78 is 6.75. The average Bonchev–Trinajstić information content (AvgIpc) is 2.89. The molecule has 0 radical (unpaired) electrons. The number of rotatable bonds is 4. The van der Waals surface area contributed by atoms with Gasteiger partial charge in [0.2, 0.25) is 0 Å². The lowest BCUT2D eigenvalue weighted by atomic mass is 10.1. The molecular formula is C15H13N3O2. The molecule has 2 heterocycles. The van der Waals surface area contributed by atoms with Crippen molar-refractivity contribution in [1.29, 1.82) is 0 Å². The Balaban J connectivity index is 1.87. The van der Waals surface area contributed by atoms with Crippen LogP contribution in [0.25, 0.3) is 5.65 Å². The van der Waals surface area contributed by atoms with E-state index in [-0.39, 0.29) is 0 Å². The molecule has 0 bridgehead atoms. The summed E-state index contributed by atoms with van der Waals surface area (Å²) in [7, 11) is 1.64. The van der Waals surface area contributed by atoms with E-state index in [0.29, 0.717) is 12.0 Å². The molecule has 20 heavy (non-hydrogen) atoms. The fourth-order valence-electron chi connectivity index (χ4n) is 2.02. The lowest BCUT2D eigenvalue weighted by Gasteiger charge is -2.00. The van der Waals surface area contributed by atoms with Gasteiger partial charge >= 0.3 is 0 Å². The standard InChI is InChI=1S/C15H13N3O2/c1-20-13-5-2-11(3-6-13)8-14-16-15-7-4-12(10-19)9-18(15)17-14/h2-7,9-10H,8H2,1H3. The summed E-state index contributed by atoms with van der Waals surface area (Å²) >= 11 is 0. The highest BCUT2D eigenvalue weighted by molar-refractivity contribution is 5.74. The molecule has 5 nitrogen and oxygen atoms in total. The molecule has 0 aliphatic carbocycles. The molecule has 0 atom stereocenters. The molecule has 0 spiro atoms. The van der Waals surface area contributed by atoms with Gasteiger partial charge in [0, 0.05) is 18.2 Å². The molecule has 0 fully saturated rings. The number of nitrogens with zero attached hydrogens (tertiary/aromatic N) is 3. The summed E-state index contributed by atoms with van der Waals surface area (Å²) in [6.07, 6.45) is 3.11. The van der Waals surface area contributed by atoms with Gasteiger partial charge in [0.25, 0.3) is 0 Å². The third-order valence-corrected chi connectivity index (χ3v) is 3.06. The lowest BCUT2D eigenvalue weighted by Crippen LogP contribution is -1.93. The second-order valence-corrected chi connectivity index (χ2v) is 4.44. The van der Waals surface area contributed by atoms with Crippen molar-refractivity contribution in [3.63, 3.8) is 0 Å². The molecule has 0 saturated heterocycles. The van der Waals surface area contributed by atoms with Crippen molar-refractivity contribution in [1.82, 2.24) is 14.6 Å². The number of hydrogen-bond acceptors (Lipinski definition) is 4. The Morgan fingerprint density at radius 1 is 1.20 bits per heavy atom. The van der Waals surface area contributed by atoms with Crippen LogP contribution < -0.4 is 4.74 Å². The Morgan fingerprint density at radius 3 is 2.70 bits per heavy atom. The van der Waals surface area contributed by atoms with Crippen molar-refractivity contribution in [3.05, 3.63) is 59.5 Å². The Hall–Kier alpha value is -2.69. The van der Waals surface area contributed by atoms with E-state index in [1.165, 1.54) is 0 Å². The van der Waals surface area contributed by atoms with Crippen LogP contribution in [-0.2, 0) is 6.42 Å². The first-order valence-corrected chi connectivity index (χ1v) is 6.22. The van der Waals surface area contributed by atoms with Gasteiger partial charge in [-0.15, -0.1) is 0 Å². The second-order valence-electron chi connectivity index (χ2n) is 4.44. The molecule has 3 rings (SSSR count). The summed E-state index contributed by atoms with van der Waals surface area (Å²) in [4.78, 5) is 15.2. The van der Waals surface area contributed by atoms with Crippen LogP contribution in [0, 0.1) is 0 Å². The number of hydrogen-bond donors (Lipinski definition) is 0. The number of aromatic nitrogens is 3. The van der Waals surface area contributed by atoms with Gasteiger partial charge in [-0.3, -0.25) is 4.79 Å². The maximum Gasteiger partial charge on any atom is 0.156 e. The average molecular weight is 267 g/mol. The maximum absolute atomic E-state index is 10.7. The molecule has 0 aliphatic heterocycles. The van der Waals surface area contributed by atoms with Crippen LogP contribution in [0.3, 0.4) is 0 Å². The smallest absolute Gasteiger partial charge is 0.156 e. The second kappa shape index (κ2) is 5.13. The fourth-order valence-corrected chi connectivity index (χ4v) is 2.02. The largest absolute Gasteiger partial charge is 0.497 e. The normalized spacial score (nSPS) is 10.7. The van der Waals surface area contributed by atoms with Crippen molar-refractivity contribution in [2.75, 3.05) is 7.11 Å². The van der Waals surface area contributed by atoms with Gasteiger partial charge in [0.15, 0.2) is 17.8 Å². The van der Waals surface area contributed by atoms with Gasteiger partial charge in [0.05, 0.1) is 7.11 Å². The van der Waals surface area contributed by atoms with Crippen LogP contribution in [0.1, 0.15) is 21.7 Å². The summed E-state index contributed by atoms with van der Waals surface area (Å²) in [5, 5.41) is 4.37. The number of methoxy groups -OCH3 is 1. The van der Waals surface area contributed by atoms with Crippen LogP contribution in [0.4, 0.5) is 0 Å². The fraction of sp³-hybridized carbons (Fsp3) is 0.133. The minimum Gasteiger partial charge on any atom is -0.497 e. The Labute approximate surface area is 115 Å². The van der Waals surface area contributed by atoms with E-state index in [2.05, 4.69) is 10.1 Å². The minimum atomic E-state index is 0.582. The van der Waals surface area contributed by atoms with E-state index in [0.717, 1.165) is 29.1 Å². The first kappa shape index (κ1) is 12.3. The summed E-state index contributed by atoms with van der Waals surface area (Å²) in [6.45, 7) is 0. The zero-order valence-electron chi connectivity index (χ0n) is 11.0. The van der Waals surface area contributed by atoms with E-state index in [1.54, 1.807) is 30.0 Å². The van der Waals surface area contributed by atoms with E-state index in [1.807, 2.05) is 24.3 Å².